The lowest BCUT2D eigenvalue weighted by Crippen LogP contribution is -2.32. The summed E-state index contributed by atoms with van der Waals surface area (Å²) in [6, 6.07) is 8.42. The number of hydrogen-bond donors (Lipinski definition) is 1. The van der Waals surface area contributed by atoms with E-state index in [9.17, 15) is 0 Å². The highest BCUT2D eigenvalue weighted by Gasteiger charge is 2.24. The van der Waals surface area contributed by atoms with E-state index in [-0.39, 0.29) is 0 Å². The fourth-order valence-corrected chi connectivity index (χ4v) is 3.37. The molecule has 120 valence electrons. The number of imidazole rings is 1. The van der Waals surface area contributed by atoms with Gasteiger partial charge in [0.15, 0.2) is 11.0 Å². The number of aromatic nitrogens is 4. The summed E-state index contributed by atoms with van der Waals surface area (Å²) >= 11 is 6.29. The SMILES string of the molecule is Cn1ccc(N2CCC(NCc3c(Cl)nc4ccccn34)C2)n1. The van der Waals surface area contributed by atoms with E-state index in [0.29, 0.717) is 17.7 Å². The molecule has 0 radical (unpaired) electrons. The summed E-state index contributed by atoms with van der Waals surface area (Å²) in [6.07, 6.45) is 5.08. The van der Waals surface area contributed by atoms with Gasteiger partial charge in [-0.1, -0.05) is 17.7 Å². The van der Waals surface area contributed by atoms with Crippen molar-refractivity contribution in [2.75, 3.05) is 18.0 Å². The molecule has 1 fully saturated rings. The van der Waals surface area contributed by atoms with Crippen molar-refractivity contribution in [3.8, 4) is 0 Å². The van der Waals surface area contributed by atoms with Crippen LogP contribution in [0.3, 0.4) is 0 Å². The molecule has 1 N–H and O–H groups in total. The first-order valence-electron chi connectivity index (χ1n) is 7.80. The Kier molecular flexibility index (Phi) is 3.71. The third-order valence-electron chi connectivity index (χ3n) is 4.35. The quantitative estimate of drug-likeness (QED) is 0.796. The molecule has 3 aromatic heterocycles. The highest BCUT2D eigenvalue weighted by molar-refractivity contribution is 6.30. The molecule has 0 amide bonds. The van der Waals surface area contributed by atoms with Gasteiger partial charge in [-0.25, -0.2) is 4.98 Å². The molecule has 4 heterocycles. The minimum absolute atomic E-state index is 0.433. The Bertz CT molecular complexity index is 823. The maximum absolute atomic E-state index is 6.29. The predicted octanol–water partition coefficient (Wildman–Crippen LogP) is 2.09. The van der Waals surface area contributed by atoms with Crippen molar-refractivity contribution in [3.05, 3.63) is 47.5 Å². The molecule has 0 aliphatic carbocycles. The van der Waals surface area contributed by atoms with Crippen molar-refractivity contribution >= 4 is 23.1 Å². The summed E-state index contributed by atoms with van der Waals surface area (Å²) in [5.41, 5.74) is 1.90. The van der Waals surface area contributed by atoms with Crippen LogP contribution >= 0.6 is 11.6 Å². The highest BCUT2D eigenvalue weighted by atomic mass is 35.5. The van der Waals surface area contributed by atoms with Crippen LogP contribution in [0, 0.1) is 0 Å². The molecule has 4 rings (SSSR count). The molecule has 0 aromatic carbocycles. The molecule has 6 nitrogen and oxygen atoms in total. The van der Waals surface area contributed by atoms with Gasteiger partial charge in [-0.15, -0.1) is 0 Å². The first-order chi connectivity index (χ1) is 11.2. The molecule has 1 saturated heterocycles. The lowest BCUT2D eigenvalue weighted by molar-refractivity contribution is 0.544. The molecule has 1 unspecified atom stereocenters. The van der Waals surface area contributed by atoms with Crippen LogP contribution in [-0.4, -0.2) is 38.3 Å². The van der Waals surface area contributed by atoms with Gasteiger partial charge >= 0.3 is 0 Å². The summed E-state index contributed by atoms with van der Waals surface area (Å²) in [4.78, 5) is 6.70. The van der Waals surface area contributed by atoms with Gasteiger partial charge in [-0.2, -0.15) is 5.10 Å². The van der Waals surface area contributed by atoms with Crippen LogP contribution in [0.15, 0.2) is 36.7 Å². The van der Waals surface area contributed by atoms with Crippen molar-refractivity contribution < 1.29 is 0 Å². The van der Waals surface area contributed by atoms with Gasteiger partial charge in [0.25, 0.3) is 0 Å². The number of nitrogens with one attached hydrogen (secondary N) is 1. The smallest absolute Gasteiger partial charge is 0.152 e. The van der Waals surface area contributed by atoms with Gasteiger partial charge < -0.3 is 14.6 Å². The van der Waals surface area contributed by atoms with Crippen LogP contribution in [0.5, 0.6) is 0 Å². The Balaban J connectivity index is 1.42. The van der Waals surface area contributed by atoms with Crippen LogP contribution in [0.1, 0.15) is 12.1 Å². The first kappa shape index (κ1) is 14.5. The zero-order valence-electron chi connectivity index (χ0n) is 13.0. The average Bonchev–Trinajstić information content (AvgIpc) is 3.23. The zero-order chi connectivity index (χ0) is 15.8. The molecule has 0 saturated carbocycles. The highest BCUT2D eigenvalue weighted by Crippen LogP contribution is 2.20. The molecular formula is C16H19ClN6. The van der Waals surface area contributed by atoms with Crippen LogP contribution < -0.4 is 10.2 Å². The largest absolute Gasteiger partial charge is 0.354 e. The normalized spacial score (nSPS) is 18.2. The second-order valence-corrected chi connectivity index (χ2v) is 6.30. The number of rotatable bonds is 4. The summed E-state index contributed by atoms with van der Waals surface area (Å²) in [7, 11) is 1.95. The number of pyridine rings is 1. The van der Waals surface area contributed by atoms with Crippen molar-refractivity contribution in [2.24, 2.45) is 7.05 Å². The minimum atomic E-state index is 0.433. The van der Waals surface area contributed by atoms with E-state index < -0.39 is 0 Å². The maximum Gasteiger partial charge on any atom is 0.152 e. The van der Waals surface area contributed by atoms with E-state index in [2.05, 4.69) is 26.4 Å². The number of nitrogens with zero attached hydrogens (tertiary/aromatic N) is 5. The number of halogens is 1. The Hall–Kier alpha value is -2.05. The van der Waals surface area contributed by atoms with Crippen LogP contribution in [-0.2, 0) is 13.6 Å². The Labute approximate surface area is 139 Å². The maximum atomic E-state index is 6.29. The number of aryl methyl sites for hydroxylation is 1. The number of hydrogen-bond acceptors (Lipinski definition) is 4. The second kappa shape index (κ2) is 5.86. The number of anilines is 1. The van der Waals surface area contributed by atoms with E-state index in [1.165, 1.54) is 0 Å². The first-order valence-corrected chi connectivity index (χ1v) is 8.18. The second-order valence-electron chi connectivity index (χ2n) is 5.94. The molecule has 23 heavy (non-hydrogen) atoms. The summed E-state index contributed by atoms with van der Waals surface area (Å²) in [5.74, 6) is 1.05. The van der Waals surface area contributed by atoms with Crippen molar-refractivity contribution in [1.82, 2.24) is 24.5 Å². The van der Waals surface area contributed by atoms with Crippen molar-refractivity contribution in [1.29, 1.82) is 0 Å². The monoisotopic (exact) mass is 330 g/mol. The van der Waals surface area contributed by atoms with Crippen LogP contribution in [0.4, 0.5) is 5.82 Å². The van der Waals surface area contributed by atoms with E-state index >= 15 is 0 Å². The lowest BCUT2D eigenvalue weighted by Gasteiger charge is -2.16. The molecule has 1 aliphatic rings. The summed E-state index contributed by atoms with van der Waals surface area (Å²) in [5, 5.41) is 8.65. The van der Waals surface area contributed by atoms with Gasteiger partial charge in [-0.05, 0) is 18.6 Å². The molecular weight excluding hydrogens is 312 g/mol. The molecule has 1 aliphatic heterocycles. The molecule has 3 aromatic rings. The summed E-state index contributed by atoms with van der Waals surface area (Å²) in [6.45, 7) is 2.70. The molecule has 0 spiro atoms. The Morgan fingerprint density at radius 2 is 2.22 bits per heavy atom. The topological polar surface area (TPSA) is 50.4 Å². The zero-order valence-corrected chi connectivity index (χ0v) is 13.7. The van der Waals surface area contributed by atoms with E-state index in [4.69, 9.17) is 11.6 Å². The third-order valence-corrected chi connectivity index (χ3v) is 4.65. The molecule has 0 bridgehead atoms. The van der Waals surface area contributed by atoms with Gasteiger partial charge in [0.05, 0.1) is 5.69 Å². The summed E-state index contributed by atoms with van der Waals surface area (Å²) < 4.78 is 3.88. The van der Waals surface area contributed by atoms with Crippen molar-refractivity contribution in [3.63, 3.8) is 0 Å². The average molecular weight is 331 g/mol. The minimum Gasteiger partial charge on any atom is -0.354 e. The van der Waals surface area contributed by atoms with E-state index in [1.54, 1.807) is 0 Å². The Morgan fingerprint density at radius 1 is 1.30 bits per heavy atom. The van der Waals surface area contributed by atoms with Crippen LogP contribution in [0.2, 0.25) is 5.15 Å². The van der Waals surface area contributed by atoms with Gasteiger partial charge in [-0.3, -0.25) is 4.68 Å². The fraction of sp³-hybridized carbons (Fsp3) is 0.375. The lowest BCUT2D eigenvalue weighted by atomic mass is 10.2. The third kappa shape index (κ3) is 2.80. The van der Waals surface area contributed by atoms with Gasteiger partial charge in [0, 0.05) is 51.2 Å². The fourth-order valence-electron chi connectivity index (χ4n) is 3.12. The van der Waals surface area contributed by atoms with Gasteiger partial charge in [0.2, 0.25) is 0 Å². The van der Waals surface area contributed by atoms with E-state index in [1.807, 2.05) is 46.7 Å². The van der Waals surface area contributed by atoms with Gasteiger partial charge in [0.1, 0.15) is 5.65 Å². The molecule has 7 heteroatoms. The molecule has 1 atom stereocenters. The standard InChI is InChI=1S/C16H19ClN6/c1-21-8-6-15(20-21)22-9-5-12(11-22)18-10-13-16(17)19-14-4-2-3-7-23(13)14/h2-4,6-8,12,18H,5,9-11H2,1H3. The van der Waals surface area contributed by atoms with Crippen molar-refractivity contribution in [2.45, 2.75) is 19.0 Å². The number of fused-ring (bicyclic) bond motifs is 1. The van der Waals surface area contributed by atoms with Crippen LogP contribution in [0.25, 0.3) is 5.65 Å². The predicted molar refractivity (Wildman–Crippen MR) is 90.9 cm³/mol. The Morgan fingerprint density at radius 3 is 3.04 bits per heavy atom. The van der Waals surface area contributed by atoms with E-state index in [0.717, 1.165) is 36.7 Å².